The van der Waals surface area contributed by atoms with Crippen LogP contribution in [0.3, 0.4) is 0 Å². The minimum atomic E-state index is 0.169. The molecule has 0 aromatic heterocycles. The maximum absolute atomic E-state index is 2.28. The lowest BCUT2D eigenvalue weighted by atomic mass is 9.84. The molecule has 0 unspecified atom stereocenters. The Bertz CT molecular complexity index is 861. The van der Waals surface area contributed by atoms with Gasteiger partial charge >= 0.3 is 0 Å². The lowest BCUT2D eigenvalue weighted by Gasteiger charge is -2.21. The van der Waals surface area contributed by atoms with E-state index in [1.165, 1.54) is 33.4 Å². The highest BCUT2D eigenvalue weighted by Gasteiger charge is 2.16. The zero-order chi connectivity index (χ0) is 18.6. The van der Waals surface area contributed by atoms with Crippen LogP contribution in [0.25, 0.3) is 11.1 Å². The Morgan fingerprint density at radius 3 is 1.54 bits per heavy atom. The van der Waals surface area contributed by atoms with E-state index in [1.54, 1.807) is 0 Å². The summed E-state index contributed by atoms with van der Waals surface area (Å²) in [7, 11) is 0. The first-order valence-corrected chi connectivity index (χ1v) is 9.45. The molecule has 0 atom stereocenters. The highest BCUT2D eigenvalue weighted by atomic mass is 14.2. The molecule has 3 aromatic carbocycles. The van der Waals surface area contributed by atoms with E-state index in [-0.39, 0.29) is 5.41 Å². The van der Waals surface area contributed by atoms with Gasteiger partial charge in [0.2, 0.25) is 0 Å². The SMILES string of the molecule is CC/C(=C(\c1ccccc1)c1ccc(C(C)(C)C)cc1)c1ccccc1. The highest BCUT2D eigenvalue weighted by molar-refractivity contribution is 5.98. The predicted molar refractivity (Wildman–Crippen MR) is 114 cm³/mol. The zero-order valence-corrected chi connectivity index (χ0v) is 16.3. The summed E-state index contributed by atoms with van der Waals surface area (Å²) in [5.74, 6) is 0. The summed E-state index contributed by atoms with van der Waals surface area (Å²) >= 11 is 0. The summed E-state index contributed by atoms with van der Waals surface area (Å²) in [6.45, 7) is 9.03. The van der Waals surface area contributed by atoms with Crippen LogP contribution in [-0.4, -0.2) is 0 Å². The second-order valence-corrected chi connectivity index (χ2v) is 7.77. The molecule has 132 valence electrons. The zero-order valence-electron chi connectivity index (χ0n) is 16.3. The topological polar surface area (TPSA) is 0 Å². The molecule has 0 spiro atoms. The maximum Gasteiger partial charge on any atom is -0.00735 e. The summed E-state index contributed by atoms with van der Waals surface area (Å²) in [5, 5.41) is 0. The van der Waals surface area contributed by atoms with E-state index in [1.807, 2.05) is 0 Å². The maximum atomic E-state index is 2.28. The molecule has 0 bridgehead atoms. The van der Waals surface area contributed by atoms with Crippen molar-refractivity contribution in [3.8, 4) is 0 Å². The van der Waals surface area contributed by atoms with E-state index in [2.05, 4.69) is 113 Å². The molecule has 0 heterocycles. The van der Waals surface area contributed by atoms with Gasteiger partial charge in [-0.3, -0.25) is 0 Å². The third-order valence-electron chi connectivity index (χ3n) is 4.88. The van der Waals surface area contributed by atoms with Crippen molar-refractivity contribution in [1.82, 2.24) is 0 Å². The molecular weight excluding hydrogens is 312 g/mol. The second kappa shape index (κ2) is 7.74. The smallest absolute Gasteiger partial charge is 0.00735 e. The van der Waals surface area contributed by atoms with E-state index < -0.39 is 0 Å². The summed E-state index contributed by atoms with van der Waals surface area (Å²) < 4.78 is 0. The lowest BCUT2D eigenvalue weighted by Crippen LogP contribution is -2.10. The quantitative estimate of drug-likeness (QED) is 0.435. The fourth-order valence-electron chi connectivity index (χ4n) is 3.42. The minimum Gasteiger partial charge on any atom is -0.0622 e. The molecule has 0 N–H and O–H groups in total. The van der Waals surface area contributed by atoms with Crippen LogP contribution < -0.4 is 0 Å². The number of rotatable bonds is 4. The molecule has 0 aliphatic carbocycles. The molecule has 3 aromatic rings. The second-order valence-electron chi connectivity index (χ2n) is 7.77. The number of benzene rings is 3. The summed E-state index contributed by atoms with van der Waals surface area (Å²) in [5.41, 5.74) is 8.11. The normalized spacial score (nSPS) is 12.6. The van der Waals surface area contributed by atoms with Crippen LogP contribution in [0.5, 0.6) is 0 Å². The van der Waals surface area contributed by atoms with Gasteiger partial charge in [-0.15, -0.1) is 0 Å². The highest BCUT2D eigenvalue weighted by Crippen LogP contribution is 2.35. The Morgan fingerprint density at radius 2 is 1.08 bits per heavy atom. The Kier molecular flexibility index (Phi) is 5.42. The Morgan fingerprint density at radius 1 is 0.615 bits per heavy atom. The fraction of sp³-hybridized carbons (Fsp3) is 0.231. The summed E-state index contributed by atoms with van der Waals surface area (Å²) in [4.78, 5) is 0. The van der Waals surface area contributed by atoms with Gasteiger partial charge in [0.05, 0.1) is 0 Å². The monoisotopic (exact) mass is 340 g/mol. The van der Waals surface area contributed by atoms with Crippen molar-refractivity contribution in [2.45, 2.75) is 39.5 Å². The van der Waals surface area contributed by atoms with Crippen LogP contribution in [0.2, 0.25) is 0 Å². The van der Waals surface area contributed by atoms with E-state index >= 15 is 0 Å². The van der Waals surface area contributed by atoms with Gasteiger partial charge in [0, 0.05) is 0 Å². The van der Waals surface area contributed by atoms with E-state index in [0.29, 0.717) is 0 Å². The van der Waals surface area contributed by atoms with Gasteiger partial charge in [0.25, 0.3) is 0 Å². The van der Waals surface area contributed by atoms with Crippen LogP contribution in [0, 0.1) is 0 Å². The Labute approximate surface area is 158 Å². The Hall–Kier alpha value is -2.60. The molecule has 26 heavy (non-hydrogen) atoms. The number of allylic oxidation sites excluding steroid dienone is 1. The third-order valence-corrected chi connectivity index (χ3v) is 4.88. The number of hydrogen-bond acceptors (Lipinski definition) is 0. The van der Waals surface area contributed by atoms with E-state index in [9.17, 15) is 0 Å². The van der Waals surface area contributed by atoms with Crippen molar-refractivity contribution >= 4 is 11.1 Å². The first-order chi connectivity index (χ1) is 12.5. The van der Waals surface area contributed by atoms with Gasteiger partial charge in [0.1, 0.15) is 0 Å². The van der Waals surface area contributed by atoms with Crippen molar-refractivity contribution in [2.75, 3.05) is 0 Å². The van der Waals surface area contributed by atoms with Crippen LogP contribution in [0.4, 0.5) is 0 Å². The third kappa shape index (κ3) is 3.96. The number of hydrogen-bond donors (Lipinski definition) is 0. The van der Waals surface area contributed by atoms with Gasteiger partial charge in [-0.25, -0.2) is 0 Å². The average molecular weight is 341 g/mol. The molecule has 0 saturated heterocycles. The van der Waals surface area contributed by atoms with Crippen molar-refractivity contribution in [1.29, 1.82) is 0 Å². The molecule has 0 saturated carbocycles. The summed E-state index contributed by atoms with van der Waals surface area (Å²) in [6.07, 6.45) is 0.995. The van der Waals surface area contributed by atoms with Gasteiger partial charge in [-0.1, -0.05) is 113 Å². The lowest BCUT2D eigenvalue weighted by molar-refractivity contribution is 0.590. The molecule has 0 amide bonds. The van der Waals surface area contributed by atoms with Crippen LogP contribution in [0.1, 0.15) is 56.4 Å². The van der Waals surface area contributed by atoms with E-state index in [0.717, 1.165) is 6.42 Å². The Balaban J connectivity index is 2.21. The molecule has 0 fully saturated rings. The molecule has 0 heteroatoms. The van der Waals surface area contributed by atoms with Crippen LogP contribution >= 0.6 is 0 Å². The predicted octanol–water partition coefficient (Wildman–Crippen LogP) is 7.35. The molecule has 3 rings (SSSR count). The van der Waals surface area contributed by atoms with Gasteiger partial charge in [-0.2, -0.15) is 0 Å². The molecule has 0 aliphatic rings. The average Bonchev–Trinajstić information content (AvgIpc) is 2.67. The van der Waals surface area contributed by atoms with Crippen LogP contribution in [0.15, 0.2) is 84.9 Å². The first-order valence-electron chi connectivity index (χ1n) is 9.45. The molecule has 0 aliphatic heterocycles. The van der Waals surface area contributed by atoms with Gasteiger partial charge in [-0.05, 0) is 45.2 Å². The van der Waals surface area contributed by atoms with Crippen molar-refractivity contribution < 1.29 is 0 Å². The standard InChI is InChI=1S/C26H28/c1-5-24(20-12-8-6-9-13-20)25(21-14-10-7-11-15-21)22-16-18-23(19-17-22)26(2,3)4/h6-19H,5H2,1-4H3/b25-24-. The van der Waals surface area contributed by atoms with Crippen molar-refractivity contribution in [2.24, 2.45) is 0 Å². The van der Waals surface area contributed by atoms with Crippen molar-refractivity contribution in [3.63, 3.8) is 0 Å². The first kappa shape index (κ1) is 18.2. The molecular formula is C26H28. The van der Waals surface area contributed by atoms with Crippen molar-refractivity contribution in [3.05, 3.63) is 107 Å². The van der Waals surface area contributed by atoms with Crippen LogP contribution in [-0.2, 0) is 5.41 Å². The molecule has 0 radical (unpaired) electrons. The fourth-order valence-corrected chi connectivity index (χ4v) is 3.42. The summed E-state index contributed by atoms with van der Waals surface area (Å²) in [6, 6.07) is 30.6. The van der Waals surface area contributed by atoms with E-state index in [4.69, 9.17) is 0 Å². The molecule has 0 nitrogen and oxygen atoms in total. The largest absolute Gasteiger partial charge is 0.0622 e. The van der Waals surface area contributed by atoms with Gasteiger partial charge in [0.15, 0.2) is 0 Å². The van der Waals surface area contributed by atoms with Gasteiger partial charge < -0.3 is 0 Å². The minimum absolute atomic E-state index is 0.169.